The van der Waals surface area contributed by atoms with E-state index in [9.17, 15) is 0 Å². The van der Waals surface area contributed by atoms with Crippen LogP contribution in [0.4, 0.5) is 34.1 Å². The van der Waals surface area contributed by atoms with Crippen molar-refractivity contribution in [2.24, 2.45) is 0 Å². The Morgan fingerprint density at radius 3 is 1.08 bits per heavy atom. The summed E-state index contributed by atoms with van der Waals surface area (Å²) in [5, 5.41) is 10.1. The van der Waals surface area contributed by atoms with Crippen LogP contribution in [0, 0.1) is 0 Å². The fraction of sp³-hybridized carbons (Fsp3) is 0.216. The lowest BCUT2D eigenvalue weighted by Crippen LogP contribution is -2.61. The molecule has 0 aliphatic carbocycles. The van der Waals surface area contributed by atoms with Crippen LogP contribution in [-0.4, -0.2) is 6.71 Å². The highest BCUT2D eigenvalue weighted by Crippen LogP contribution is 2.50. The molecule has 2 aliphatic heterocycles. The van der Waals surface area contributed by atoms with Gasteiger partial charge in [0, 0.05) is 34.1 Å². The monoisotopic (exact) mass is 997 g/mol. The van der Waals surface area contributed by atoms with Crippen LogP contribution < -0.4 is 26.2 Å². The Hall–Kier alpha value is -7.88. The summed E-state index contributed by atoms with van der Waals surface area (Å²) in [6, 6.07) is 77.4. The molecule has 11 aromatic carbocycles. The van der Waals surface area contributed by atoms with Crippen LogP contribution in [0.1, 0.15) is 105 Å². The highest BCUT2D eigenvalue weighted by Gasteiger charge is 2.45. The molecule has 0 bridgehead atoms. The predicted molar refractivity (Wildman–Crippen MR) is 336 cm³/mol. The first-order valence-electron chi connectivity index (χ1n) is 27.8. The van der Waals surface area contributed by atoms with Gasteiger partial charge >= 0.3 is 0 Å². The van der Waals surface area contributed by atoms with Crippen molar-refractivity contribution in [3.63, 3.8) is 0 Å². The van der Waals surface area contributed by atoms with E-state index in [2.05, 4.69) is 293 Å². The summed E-state index contributed by atoms with van der Waals surface area (Å²) in [4.78, 5) is 5.34. The van der Waals surface area contributed by atoms with Gasteiger partial charge in [-0.1, -0.05) is 229 Å². The number of hydrogen-bond donors (Lipinski definition) is 0. The lowest BCUT2D eigenvalue weighted by atomic mass is 9.33. The molecule has 0 saturated heterocycles. The number of benzene rings is 11. The maximum atomic E-state index is 2.67. The molecule has 2 heterocycles. The molecule has 0 atom stereocenters. The smallest absolute Gasteiger partial charge is 0.252 e. The molecule has 0 N–H and O–H groups in total. The second kappa shape index (κ2) is 17.3. The van der Waals surface area contributed by atoms with Gasteiger partial charge < -0.3 is 9.80 Å². The molecule has 0 amide bonds. The minimum absolute atomic E-state index is 0.0882. The van der Waals surface area contributed by atoms with E-state index in [4.69, 9.17) is 0 Å². The Morgan fingerprint density at radius 2 is 0.649 bits per heavy atom. The highest BCUT2D eigenvalue weighted by atomic mass is 15.2. The number of anilines is 6. The minimum Gasteiger partial charge on any atom is -0.311 e. The Morgan fingerprint density at radius 1 is 0.273 bits per heavy atom. The Labute approximate surface area is 457 Å². The first-order valence-corrected chi connectivity index (χ1v) is 27.8. The summed E-state index contributed by atoms with van der Waals surface area (Å²) < 4.78 is 0. The van der Waals surface area contributed by atoms with Crippen LogP contribution in [0.3, 0.4) is 0 Å². The molecule has 0 spiro atoms. The largest absolute Gasteiger partial charge is 0.311 e. The molecule has 378 valence electrons. The van der Waals surface area contributed by atoms with E-state index < -0.39 is 0 Å². The van der Waals surface area contributed by atoms with Gasteiger partial charge in [-0.05, 0) is 180 Å². The van der Waals surface area contributed by atoms with Gasteiger partial charge in [-0.3, -0.25) is 0 Å². The summed E-state index contributed by atoms with van der Waals surface area (Å²) in [6.07, 6.45) is 0. The van der Waals surface area contributed by atoms with Crippen molar-refractivity contribution in [1.29, 1.82) is 0 Å². The van der Waals surface area contributed by atoms with E-state index in [-0.39, 0.29) is 28.4 Å². The molecule has 0 unspecified atom stereocenters. The zero-order valence-electron chi connectivity index (χ0n) is 47.0. The summed E-state index contributed by atoms with van der Waals surface area (Å²) >= 11 is 0. The number of nitrogens with zero attached hydrogens (tertiary/aromatic N) is 2. The van der Waals surface area contributed by atoms with Gasteiger partial charge in [-0.15, -0.1) is 0 Å². The third-order valence-corrected chi connectivity index (χ3v) is 16.9. The van der Waals surface area contributed by atoms with Gasteiger partial charge in [-0.2, -0.15) is 0 Å². The lowest BCUT2D eigenvalue weighted by Gasteiger charge is -2.45. The van der Waals surface area contributed by atoms with Crippen molar-refractivity contribution in [1.82, 2.24) is 0 Å². The van der Waals surface area contributed by atoms with Crippen LogP contribution in [0.2, 0.25) is 0 Å². The summed E-state index contributed by atoms with van der Waals surface area (Å²) in [5.74, 6) is 0. The SMILES string of the molecule is CC(C)(C)c1cc(N2c3cc4c(ccc5ccccc54)cc3B3c4cc5ccc6ccccc6c5cc4N(c4cc(C(C)(C)C)cc(C(C)(C)C)c4)c4cc(-c5cccc(-c6ccccc6)c5)cc2c43)cc(C(C)(C)C)c1. The molecule has 0 saturated carbocycles. The molecule has 2 nitrogen and oxygen atoms in total. The van der Waals surface area contributed by atoms with E-state index in [1.165, 1.54) is 138 Å². The van der Waals surface area contributed by atoms with Crippen LogP contribution in [0.25, 0.3) is 65.3 Å². The first kappa shape index (κ1) is 48.7. The van der Waals surface area contributed by atoms with Crippen LogP contribution in [0.15, 0.2) is 200 Å². The van der Waals surface area contributed by atoms with E-state index >= 15 is 0 Å². The lowest BCUT2D eigenvalue weighted by molar-refractivity contribution is 0.568. The molecule has 0 radical (unpaired) electrons. The Kier molecular flexibility index (Phi) is 11.0. The van der Waals surface area contributed by atoms with Gasteiger partial charge in [-0.25, -0.2) is 0 Å². The maximum Gasteiger partial charge on any atom is 0.252 e. The molecule has 77 heavy (non-hydrogen) atoms. The van der Waals surface area contributed by atoms with Crippen molar-refractivity contribution in [2.45, 2.75) is 105 Å². The molecule has 0 fully saturated rings. The quantitative estimate of drug-likeness (QED) is 0.128. The van der Waals surface area contributed by atoms with Gasteiger partial charge in [0.2, 0.25) is 0 Å². The highest BCUT2D eigenvalue weighted by molar-refractivity contribution is 7.00. The van der Waals surface area contributed by atoms with Crippen molar-refractivity contribution in [2.75, 3.05) is 9.80 Å². The number of hydrogen-bond acceptors (Lipinski definition) is 2. The molecule has 0 aromatic heterocycles. The Bertz CT molecular complexity index is 3920. The molecule has 2 aliphatic rings. The second-order valence-corrected chi connectivity index (χ2v) is 26.4. The summed E-state index contributed by atoms with van der Waals surface area (Å²) in [5.41, 5.74) is 20.9. The molecule has 3 heteroatoms. The molecular weight excluding hydrogens is 928 g/mol. The summed E-state index contributed by atoms with van der Waals surface area (Å²) in [6.45, 7) is 28.3. The van der Waals surface area contributed by atoms with Gasteiger partial charge in [0.1, 0.15) is 0 Å². The third-order valence-electron chi connectivity index (χ3n) is 16.9. The molecule has 13 rings (SSSR count). The topological polar surface area (TPSA) is 6.48 Å². The predicted octanol–water partition coefficient (Wildman–Crippen LogP) is 18.9. The van der Waals surface area contributed by atoms with E-state index in [0.717, 1.165) is 0 Å². The van der Waals surface area contributed by atoms with Crippen molar-refractivity contribution < 1.29 is 0 Å². The molecule has 11 aromatic rings. The van der Waals surface area contributed by atoms with Crippen molar-refractivity contribution >= 4 is 100 Å². The zero-order valence-corrected chi connectivity index (χ0v) is 47.0. The van der Waals surface area contributed by atoms with Gasteiger partial charge in [0.25, 0.3) is 6.71 Å². The van der Waals surface area contributed by atoms with E-state index in [1.54, 1.807) is 0 Å². The van der Waals surface area contributed by atoms with E-state index in [1.807, 2.05) is 0 Å². The van der Waals surface area contributed by atoms with Crippen molar-refractivity contribution in [3.8, 4) is 22.3 Å². The first-order chi connectivity index (χ1) is 36.7. The van der Waals surface area contributed by atoms with Crippen LogP contribution >= 0.6 is 0 Å². The molecular formula is C74H69BN2. The minimum atomic E-state index is -0.0975. The van der Waals surface area contributed by atoms with Crippen LogP contribution in [0.5, 0.6) is 0 Å². The fourth-order valence-electron chi connectivity index (χ4n) is 12.4. The standard InChI is InChI=1S/C74H69BN2/c1-71(2,3)54-38-55(72(4,5)6)41-58(40-54)76-66-44-62-51(31-29-47-23-16-18-27-60(47)62)34-64(66)75-65-35-52-32-30-48-24-17-19-28-61(48)63(52)45-67(65)77(59-42-56(73(7,8)9)39-57(43-59)74(10,11)12)69-37-53(36-68(76)70(69)75)50-26-20-25-49(33-50)46-21-14-13-15-22-46/h13-45H,1-12H3. The van der Waals surface area contributed by atoms with Crippen molar-refractivity contribution in [3.05, 3.63) is 222 Å². The van der Waals surface area contributed by atoms with Gasteiger partial charge in [0.15, 0.2) is 0 Å². The van der Waals surface area contributed by atoms with Gasteiger partial charge in [0.05, 0.1) is 0 Å². The third kappa shape index (κ3) is 8.24. The van der Waals surface area contributed by atoms with E-state index in [0.29, 0.717) is 0 Å². The number of fused-ring (bicyclic) bond motifs is 10. The average molecular weight is 997 g/mol. The maximum absolute atomic E-state index is 2.67. The normalized spacial score (nSPS) is 13.6. The zero-order chi connectivity index (χ0) is 53.5. The fourth-order valence-corrected chi connectivity index (χ4v) is 12.4. The Balaban J connectivity index is 1.22. The average Bonchev–Trinajstić information content (AvgIpc) is 3.49. The number of rotatable bonds is 4. The van der Waals surface area contributed by atoms with Crippen LogP contribution in [-0.2, 0) is 21.7 Å². The summed E-state index contributed by atoms with van der Waals surface area (Å²) in [7, 11) is 0. The second-order valence-electron chi connectivity index (χ2n) is 26.4.